The van der Waals surface area contributed by atoms with E-state index in [4.69, 9.17) is 17.3 Å². The first-order valence-electron chi connectivity index (χ1n) is 6.76. The van der Waals surface area contributed by atoms with Crippen molar-refractivity contribution in [2.24, 2.45) is 0 Å². The molecule has 3 rings (SSSR count). The van der Waals surface area contributed by atoms with E-state index in [1.807, 2.05) is 12.1 Å². The molecule has 0 fully saturated rings. The topological polar surface area (TPSA) is 84.7 Å². The van der Waals surface area contributed by atoms with Crippen LogP contribution in [0.2, 0.25) is 5.02 Å². The van der Waals surface area contributed by atoms with Crippen LogP contribution < -0.4 is 5.73 Å². The maximum atomic E-state index is 12.6. The van der Waals surface area contributed by atoms with Crippen LogP contribution in [0, 0.1) is 11.3 Å². The highest BCUT2D eigenvalue weighted by Crippen LogP contribution is 2.23. The molecule has 0 aliphatic rings. The number of benzene rings is 2. The number of halogens is 1. The van der Waals surface area contributed by atoms with Gasteiger partial charge in [0.1, 0.15) is 17.5 Å². The van der Waals surface area contributed by atoms with Gasteiger partial charge in [0.15, 0.2) is 5.69 Å². The van der Waals surface area contributed by atoms with Crippen LogP contribution in [0.3, 0.4) is 0 Å². The van der Waals surface area contributed by atoms with Crippen molar-refractivity contribution in [2.45, 2.75) is 0 Å². The SMILES string of the molecule is N#Cc1c(C(=O)c2ccccc2)nn(-c2ccc(Cl)cc2)c1N. The van der Waals surface area contributed by atoms with Crippen molar-refractivity contribution in [3.63, 3.8) is 0 Å². The fourth-order valence-electron chi connectivity index (χ4n) is 2.21. The second-order valence-electron chi connectivity index (χ2n) is 4.80. The van der Waals surface area contributed by atoms with Crippen LogP contribution in [0.1, 0.15) is 21.6 Å². The van der Waals surface area contributed by atoms with Crippen molar-refractivity contribution in [3.05, 3.63) is 76.4 Å². The summed E-state index contributed by atoms with van der Waals surface area (Å²) < 4.78 is 1.37. The Morgan fingerprint density at radius 3 is 2.39 bits per heavy atom. The van der Waals surface area contributed by atoms with E-state index in [1.165, 1.54) is 4.68 Å². The van der Waals surface area contributed by atoms with Gasteiger partial charge in [0.25, 0.3) is 0 Å². The van der Waals surface area contributed by atoms with Gasteiger partial charge in [0, 0.05) is 10.6 Å². The molecule has 5 nitrogen and oxygen atoms in total. The van der Waals surface area contributed by atoms with Crippen molar-refractivity contribution in [1.29, 1.82) is 5.26 Å². The van der Waals surface area contributed by atoms with Gasteiger partial charge < -0.3 is 5.73 Å². The molecule has 3 aromatic rings. The molecule has 23 heavy (non-hydrogen) atoms. The normalized spacial score (nSPS) is 10.3. The third-order valence-electron chi connectivity index (χ3n) is 3.36. The molecule has 2 N–H and O–H groups in total. The molecule has 0 bridgehead atoms. The summed E-state index contributed by atoms with van der Waals surface area (Å²) in [5.74, 6) is -0.226. The Kier molecular flexibility index (Phi) is 3.83. The number of rotatable bonds is 3. The minimum Gasteiger partial charge on any atom is -0.382 e. The Labute approximate surface area is 137 Å². The Balaban J connectivity index is 2.12. The zero-order chi connectivity index (χ0) is 16.4. The van der Waals surface area contributed by atoms with Crippen molar-refractivity contribution >= 4 is 23.2 Å². The van der Waals surface area contributed by atoms with Gasteiger partial charge in [0.05, 0.1) is 5.69 Å². The molecular weight excluding hydrogens is 312 g/mol. The molecule has 2 aromatic carbocycles. The third kappa shape index (κ3) is 2.68. The summed E-state index contributed by atoms with van der Waals surface area (Å²) in [4.78, 5) is 12.6. The third-order valence-corrected chi connectivity index (χ3v) is 3.61. The van der Waals surface area contributed by atoms with Gasteiger partial charge >= 0.3 is 0 Å². The summed E-state index contributed by atoms with van der Waals surface area (Å²) in [6.07, 6.45) is 0. The lowest BCUT2D eigenvalue weighted by molar-refractivity contribution is 0.103. The molecular formula is C17H11ClN4O. The van der Waals surface area contributed by atoms with Gasteiger partial charge in [-0.2, -0.15) is 10.4 Å². The maximum Gasteiger partial charge on any atom is 0.214 e. The molecule has 0 radical (unpaired) electrons. The Morgan fingerprint density at radius 2 is 1.78 bits per heavy atom. The summed E-state index contributed by atoms with van der Waals surface area (Å²) >= 11 is 5.87. The smallest absolute Gasteiger partial charge is 0.214 e. The summed E-state index contributed by atoms with van der Waals surface area (Å²) in [6.45, 7) is 0. The molecule has 112 valence electrons. The second-order valence-corrected chi connectivity index (χ2v) is 5.24. The summed E-state index contributed by atoms with van der Waals surface area (Å²) in [5.41, 5.74) is 7.16. The molecule has 0 atom stereocenters. The number of nitriles is 1. The number of nitrogens with zero attached hydrogens (tertiary/aromatic N) is 3. The van der Waals surface area contributed by atoms with Crippen molar-refractivity contribution in [2.75, 3.05) is 5.73 Å². The molecule has 6 heteroatoms. The van der Waals surface area contributed by atoms with E-state index < -0.39 is 0 Å². The highest BCUT2D eigenvalue weighted by molar-refractivity contribution is 6.30. The van der Waals surface area contributed by atoms with Gasteiger partial charge in [-0.15, -0.1) is 0 Å². The van der Waals surface area contributed by atoms with Gasteiger partial charge in [-0.05, 0) is 24.3 Å². The van der Waals surface area contributed by atoms with E-state index in [0.717, 1.165) is 0 Å². The molecule has 0 unspecified atom stereocenters. The highest BCUT2D eigenvalue weighted by atomic mass is 35.5. The summed E-state index contributed by atoms with van der Waals surface area (Å²) in [7, 11) is 0. The summed E-state index contributed by atoms with van der Waals surface area (Å²) in [5, 5.41) is 14.1. The Hall–Kier alpha value is -3.10. The van der Waals surface area contributed by atoms with E-state index in [1.54, 1.807) is 48.5 Å². The number of anilines is 1. The van der Waals surface area contributed by atoms with Crippen molar-refractivity contribution < 1.29 is 4.79 Å². The molecule has 0 saturated carbocycles. The second kappa shape index (κ2) is 5.95. The first-order valence-corrected chi connectivity index (χ1v) is 7.14. The number of ketones is 1. The van der Waals surface area contributed by atoms with E-state index >= 15 is 0 Å². The zero-order valence-corrected chi connectivity index (χ0v) is 12.7. The highest BCUT2D eigenvalue weighted by Gasteiger charge is 2.23. The molecule has 1 aromatic heterocycles. The number of carbonyl (C=O) groups excluding carboxylic acids is 1. The lowest BCUT2D eigenvalue weighted by Crippen LogP contribution is -2.05. The van der Waals surface area contributed by atoms with Crippen LogP contribution in [0.4, 0.5) is 5.82 Å². The van der Waals surface area contributed by atoms with E-state index in [9.17, 15) is 10.1 Å². The van der Waals surface area contributed by atoms with E-state index in [2.05, 4.69) is 5.10 Å². The zero-order valence-electron chi connectivity index (χ0n) is 11.9. The molecule has 0 amide bonds. The van der Waals surface area contributed by atoms with Gasteiger partial charge in [0.2, 0.25) is 5.78 Å². The lowest BCUT2D eigenvalue weighted by Gasteiger charge is -2.03. The number of hydrogen-bond donors (Lipinski definition) is 1. The Bertz CT molecular complexity index is 908. The van der Waals surface area contributed by atoms with Gasteiger partial charge in [-0.25, -0.2) is 4.68 Å². The lowest BCUT2D eigenvalue weighted by atomic mass is 10.1. The van der Waals surface area contributed by atoms with E-state index in [-0.39, 0.29) is 22.9 Å². The van der Waals surface area contributed by atoms with Crippen LogP contribution in [-0.2, 0) is 0 Å². The molecule has 0 aliphatic carbocycles. The predicted octanol–water partition coefficient (Wildman–Crippen LogP) is 3.21. The molecule has 0 saturated heterocycles. The van der Waals surface area contributed by atoms with Crippen LogP contribution in [0.15, 0.2) is 54.6 Å². The average molecular weight is 323 g/mol. The number of hydrogen-bond acceptors (Lipinski definition) is 4. The number of nitrogens with two attached hydrogens (primary N) is 1. The number of nitrogen functional groups attached to an aromatic ring is 1. The van der Waals surface area contributed by atoms with Crippen LogP contribution >= 0.6 is 11.6 Å². The molecule has 1 heterocycles. The van der Waals surface area contributed by atoms with Gasteiger partial charge in [-0.1, -0.05) is 41.9 Å². The fraction of sp³-hybridized carbons (Fsp3) is 0. The maximum absolute atomic E-state index is 12.6. The first-order chi connectivity index (χ1) is 11.1. The van der Waals surface area contributed by atoms with E-state index in [0.29, 0.717) is 16.3 Å². The van der Waals surface area contributed by atoms with Crippen LogP contribution in [0.25, 0.3) is 5.69 Å². The standard InChI is InChI=1S/C17H11ClN4O/c18-12-6-8-13(9-7-12)22-17(20)14(10-19)15(21-22)16(23)11-4-2-1-3-5-11/h1-9H,20H2. The summed E-state index contributed by atoms with van der Waals surface area (Å²) in [6, 6.07) is 17.4. The minimum atomic E-state index is -0.346. The first kappa shape index (κ1) is 14.8. The quantitative estimate of drug-likeness (QED) is 0.750. The number of carbonyl (C=O) groups is 1. The molecule has 0 spiro atoms. The van der Waals surface area contributed by atoms with Crippen molar-refractivity contribution in [1.82, 2.24) is 9.78 Å². The largest absolute Gasteiger partial charge is 0.382 e. The average Bonchev–Trinajstić information content (AvgIpc) is 2.92. The fourth-order valence-corrected chi connectivity index (χ4v) is 2.33. The molecule has 0 aliphatic heterocycles. The predicted molar refractivity (Wildman–Crippen MR) is 87.6 cm³/mol. The Morgan fingerprint density at radius 1 is 1.13 bits per heavy atom. The van der Waals surface area contributed by atoms with Crippen LogP contribution in [-0.4, -0.2) is 15.6 Å². The van der Waals surface area contributed by atoms with Crippen LogP contribution in [0.5, 0.6) is 0 Å². The number of aromatic nitrogens is 2. The monoisotopic (exact) mass is 322 g/mol. The van der Waals surface area contributed by atoms with Gasteiger partial charge in [-0.3, -0.25) is 4.79 Å². The minimum absolute atomic E-state index is 0.0335. The van der Waals surface area contributed by atoms with Crippen molar-refractivity contribution in [3.8, 4) is 11.8 Å².